The van der Waals surface area contributed by atoms with Gasteiger partial charge in [0.1, 0.15) is 6.04 Å². The zero-order valence-electron chi connectivity index (χ0n) is 10.1. The number of carboxylic acid groups (broad SMARTS) is 2. The SMILES string of the molecule is CC(NC(=O)NC(CC(=O)O)C(=O)O)c1cccs1. The molecule has 7 nitrogen and oxygen atoms in total. The average molecular weight is 286 g/mol. The molecule has 1 rings (SSSR count). The van der Waals surface area contributed by atoms with Gasteiger partial charge in [-0.15, -0.1) is 11.3 Å². The Bertz CT molecular complexity index is 460. The fourth-order valence-electron chi connectivity index (χ4n) is 1.38. The Labute approximate surface area is 113 Å². The first-order chi connectivity index (χ1) is 8.90. The molecule has 0 aliphatic rings. The van der Waals surface area contributed by atoms with Gasteiger partial charge in [0.2, 0.25) is 0 Å². The Hall–Kier alpha value is -2.09. The van der Waals surface area contributed by atoms with Crippen molar-refractivity contribution in [1.29, 1.82) is 0 Å². The summed E-state index contributed by atoms with van der Waals surface area (Å²) in [5.74, 6) is -2.68. The van der Waals surface area contributed by atoms with E-state index in [4.69, 9.17) is 10.2 Å². The predicted octanol–water partition coefficient (Wildman–Crippen LogP) is 1.04. The van der Waals surface area contributed by atoms with Crippen molar-refractivity contribution in [3.05, 3.63) is 22.4 Å². The van der Waals surface area contributed by atoms with Gasteiger partial charge in [-0.2, -0.15) is 0 Å². The molecule has 0 bridgehead atoms. The second-order valence-corrected chi connectivity index (χ2v) is 4.82. The number of hydrogen-bond donors (Lipinski definition) is 4. The van der Waals surface area contributed by atoms with E-state index in [0.29, 0.717) is 0 Å². The summed E-state index contributed by atoms with van der Waals surface area (Å²) in [5.41, 5.74) is 0. The van der Waals surface area contributed by atoms with E-state index < -0.39 is 30.4 Å². The lowest BCUT2D eigenvalue weighted by Crippen LogP contribution is -2.47. The molecule has 1 heterocycles. The maximum Gasteiger partial charge on any atom is 0.326 e. The maximum absolute atomic E-state index is 11.6. The van der Waals surface area contributed by atoms with Crippen LogP contribution in [0.2, 0.25) is 0 Å². The van der Waals surface area contributed by atoms with Gasteiger partial charge in [-0.1, -0.05) is 6.07 Å². The third kappa shape index (κ3) is 4.96. The number of carboxylic acids is 2. The minimum Gasteiger partial charge on any atom is -0.481 e. The van der Waals surface area contributed by atoms with Crippen molar-refractivity contribution < 1.29 is 24.6 Å². The van der Waals surface area contributed by atoms with Crippen molar-refractivity contribution in [3.63, 3.8) is 0 Å². The van der Waals surface area contributed by atoms with Crippen molar-refractivity contribution in [2.75, 3.05) is 0 Å². The van der Waals surface area contributed by atoms with Crippen LogP contribution in [0.3, 0.4) is 0 Å². The van der Waals surface area contributed by atoms with E-state index >= 15 is 0 Å². The lowest BCUT2D eigenvalue weighted by molar-refractivity contribution is -0.145. The summed E-state index contributed by atoms with van der Waals surface area (Å²) in [6.07, 6.45) is -0.670. The largest absolute Gasteiger partial charge is 0.481 e. The van der Waals surface area contributed by atoms with Gasteiger partial charge >= 0.3 is 18.0 Å². The molecule has 0 aliphatic carbocycles. The number of amides is 2. The summed E-state index contributed by atoms with van der Waals surface area (Å²) in [7, 11) is 0. The number of carbonyl (C=O) groups excluding carboxylic acids is 1. The maximum atomic E-state index is 11.6. The van der Waals surface area contributed by atoms with Gasteiger partial charge in [0, 0.05) is 4.88 Å². The molecule has 0 spiro atoms. The number of thiophene rings is 1. The quantitative estimate of drug-likeness (QED) is 0.623. The summed E-state index contributed by atoms with van der Waals surface area (Å²) >= 11 is 1.46. The number of hydrogen-bond acceptors (Lipinski definition) is 4. The summed E-state index contributed by atoms with van der Waals surface area (Å²) in [6.45, 7) is 1.75. The smallest absolute Gasteiger partial charge is 0.326 e. The Morgan fingerprint density at radius 2 is 2.00 bits per heavy atom. The van der Waals surface area contributed by atoms with Crippen LogP contribution in [0, 0.1) is 0 Å². The Balaban J connectivity index is 2.53. The zero-order valence-corrected chi connectivity index (χ0v) is 10.9. The Morgan fingerprint density at radius 1 is 1.32 bits per heavy atom. The molecular weight excluding hydrogens is 272 g/mol. The molecule has 0 saturated carbocycles. The van der Waals surface area contributed by atoms with E-state index in [9.17, 15) is 14.4 Å². The highest BCUT2D eigenvalue weighted by atomic mass is 32.1. The molecule has 2 unspecified atom stereocenters. The standard InChI is InChI=1S/C11H14N2O5S/c1-6(8-3-2-4-19-8)12-11(18)13-7(10(16)17)5-9(14)15/h2-4,6-7H,5H2,1H3,(H,14,15)(H,16,17)(H2,12,13,18). The predicted molar refractivity (Wildman–Crippen MR) is 68.1 cm³/mol. The summed E-state index contributed by atoms with van der Waals surface area (Å²) in [6, 6.07) is 1.23. The van der Waals surface area contributed by atoms with Crippen LogP contribution in [0.15, 0.2) is 17.5 Å². The van der Waals surface area contributed by atoms with Gasteiger partial charge in [0.25, 0.3) is 0 Å². The van der Waals surface area contributed by atoms with Crippen LogP contribution in [0.1, 0.15) is 24.3 Å². The molecule has 1 aromatic heterocycles. The first-order valence-corrected chi connectivity index (χ1v) is 6.33. The van der Waals surface area contributed by atoms with E-state index in [-0.39, 0.29) is 6.04 Å². The Kier molecular flexibility index (Phi) is 5.31. The minimum absolute atomic E-state index is 0.278. The molecule has 104 valence electrons. The van der Waals surface area contributed by atoms with E-state index in [0.717, 1.165) is 4.88 Å². The summed E-state index contributed by atoms with van der Waals surface area (Å²) < 4.78 is 0. The minimum atomic E-state index is -1.45. The molecule has 19 heavy (non-hydrogen) atoms. The highest BCUT2D eigenvalue weighted by molar-refractivity contribution is 7.10. The number of nitrogens with one attached hydrogen (secondary N) is 2. The van der Waals surface area contributed by atoms with Crippen LogP contribution >= 0.6 is 11.3 Å². The molecule has 2 amide bonds. The molecule has 2 atom stereocenters. The van der Waals surface area contributed by atoms with Crippen molar-refractivity contribution in [2.24, 2.45) is 0 Å². The number of carbonyl (C=O) groups is 3. The topological polar surface area (TPSA) is 116 Å². The van der Waals surface area contributed by atoms with Crippen LogP contribution in [0.5, 0.6) is 0 Å². The van der Waals surface area contributed by atoms with Crippen LogP contribution in [0.25, 0.3) is 0 Å². The molecule has 0 aromatic carbocycles. The van der Waals surface area contributed by atoms with Crippen LogP contribution in [-0.4, -0.2) is 34.2 Å². The third-order valence-electron chi connectivity index (χ3n) is 2.30. The van der Waals surface area contributed by atoms with Crippen LogP contribution < -0.4 is 10.6 Å². The molecule has 4 N–H and O–H groups in total. The summed E-state index contributed by atoms with van der Waals surface area (Å²) in [4.78, 5) is 33.7. The third-order valence-corrected chi connectivity index (χ3v) is 3.35. The highest BCUT2D eigenvalue weighted by Crippen LogP contribution is 2.17. The molecule has 1 aromatic rings. The first-order valence-electron chi connectivity index (χ1n) is 5.45. The molecule has 0 aliphatic heterocycles. The van der Waals surface area contributed by atoms with Crippen molar-refractivity contribution in [3.8, 4) is 0 Å². The highest BCUT2D eigenvalue weighted by Gasteiger charge is 2.23. The van der Waals surface area contributed by atoms with Gasteiger partial charge in [-0.3, -0.25) is 4.79 Å². The van der Waals surface area contributed by atoms with Gasteiger partial charge in [0.05, 0.1) is 12.5 Å². The Morgan fingerprint density at radius 3 is 2.47 bits per heavy atom. The van der Waals surface area contributed by atoms with E-state index in [1.165, 1.54) is 11.3 Å². The molecular formula is C11H14N2O5S. The van der Waals surface area contributed by atoms with Crippen molar-refractivity contribution in [1.82, 2.24) is 10.6 Å². The zero-order chi connectivity index (χ0) is 14.4. The fourth-order valence-corrected chi connectivity index (χ4v) is 2.11. The van der Waals surface area contributed by atoms with Gasteiger partial charge in [-0.25, -0.2) is 9.59 Å². The number of rotatable bonds is 6. The van der Waals surface area contributed by atoms with Crippen molar-refractivity contribution >= 4 is 29.3 Å². The van der Waals surface area contributed by atoms with Crippen LogP contribution in [-0.2, 0) is 9.59 Å². The van der Waals surface area contributed by atoms with E-state index in [2.05, 4.69) is 10.6 Å². The molecule has 8 heteroatoms. The monoisotopic (exact) mass is 286 g/mol. The molecule has 0 radical (unpaired) electrons. The second-order valence-electron chi connectivity index (χ2n) is 3.84. The lowest BCUT2D eigenvalue weighted by atomic mass is 10.2. The van der Waals surface area contributed by atoms with Gasteiger partial charge in [0.15, 0.2) is 0 Å². The van der Waals surface area contributed by atoms with Gasteiger partial charge in [-0.05, 0) is 18.4 Å². The normalized spacial score (nSPS) is 13.3. The van der Waals surface area contributed by atoms with Gasteiger partial charge < -0.3 is 20.8 Å². The van der Waals surface area contributed by atoms with E-state index in [1.54, 1.807) is 6.92 Å². The van der Waals surface area contributed by atoms with E-state index in [1.807, 2.05) is 17.5 Å². The summed E-state index contributed by atoms with van der Waals surface area (Å²) in [5, 5.41) is 23.8. The lowest BCUT2D eigenvalue weighted by Gasteiger charge is -2.16. The number of urea groups is 1. The molecule has 0 saturated heterocycles. The molecule has 0 fully saturated rings. The first kappa shape index (κ1) is 15.0. The number of aliphatic carboxylic acids is 2. The second kappa shape index (κ2) is 6.74. The van der Waals surface area contributed by atoms with Crippen molar-refractivity contribution in [2.45, 2.75) is 25.4 Å². The average Bonchev–Trinajstić information content (AvgIpc) is 2.80. The van der Waals surface area contributed by atoms with Crippen LogP contribution in [0.4, 0.5) is 4.79 Å². The fraction of sp³-hybridized carbons (Fsp3) is 0.364.